The number of rotatable bonds is 3. The zero-order valence-corrected chi connectivity index (χ0v) is 9.90. The molecule has 0 amide bonds. The Labute approximate surface area is 88.1 Å². The molecule has 0 aromatic carbocycles. The van der Waals surface area contributed by atoms with E-state index >= 15 is 0 Å². The van der Waals surface area contributed by atoms with Crippen LogP contribution in [0.3, 0.4) is 0 Å². The Balaban J connectivity index is 2.08. The average Bonchev–Trinajstić information content (AvgIpc) is 2.30. The number of hydrogen-bond acceptors (Lipinski definition) is 2. The Bertz CT molecular complexity index is 188. The molecule has 0 spiro atoms. The summed E-state index contributed by atoms with van der Waals surface area (Å²) in [7, 11) is 4.44. The van der Waals surface area contributed by atoms with Gasteiger partial charge in [-0.1, -0.05) is 6.92 Å². The molecule has 0 atom stereocenters. The van der Waals surface area contributed by atoms with Crippen molar-refractivity contribution in [1.82, 2.24) is 10.2 Å². The van der Waals surface area contributed by atoms with Crippen molar-refractivity contribution < 1.29 is 0 Å². The monoisotopic (exact) mass is 196 g/mol. The van der Waals surface area contributed by atoms with Crippen molar-refractivity contribution in [2.45, 2.75) is 56.5 Å². The molecule has 3 rings (SSSR count). The summed E-state index contributed by atoms with van der Waals surface area (Å²) in [5.74, 6) is 0. The second kappa shape index (κ2) is 3.49. The summed E-state index contributed by atoms with van der Waals surface area (Å²) in [6, 6.07) is 0. The molecule has 1 N–H and O–H groups in total. The molecule has 3 aliphatic rings. The van der Waals surface area contributed by atoms with E-state index in [1.807, 2.05) is 0 Å². The molecule has 2 bridgehead atoms. The molecule has 14 heavy (non-hydrogen) atoms. The lowest BCUT2D eigenvalue weighted by molar-refractivity contribution is -0.0145. The normalized spacial score (nSPS) is 42.0. The van der Waals surface area contributed by atoms with E-state index in [2.05, 4.69) is 31.2 Å². The van der Waals surface area contributed by atoms with Crippen LogP contribution >= 0.6 is 0 Å². The summed E-state index contributed by atoms with van der Waals surface area (Å²) in [5, 5.41) is 3.56. The third-order valence-electron chi connectivity index (χ3n) is 5.02. The molecular formula is C12H24N2. The van der Waals surface area contributed by atoms with Crippen LogP contribution in [0, 0.1) is 0 Å². The van der Waals surface area contributed by atoms with Gasteiger partial charge in [-0.15, -0.1) is 0 Å². The van der Waals surface area contributed by atoms with E-state index in [0.717, 1.165) is 0 Å². The maximum atomic E-state index is 3.56. The number of hydrogen-bond donors (Lipinski definition) is 1. The van der Waals surface area contributed by atoms with Crippen molar-refractivity contribution in [1.29, 1.82) is 0 Å². The number of fused-ring (bicyclic) bond motifs is 3. The standard InChI is InChI=1S/C12H24N2/c1-4-14(3)12-8-5-11(13-2,6-9-12)7-10-12/h13H,4-10H2,1-3H3. The second-order valence-electron chi connectivity index (χ2n) is 5.27. The predicted molar refractivity (Wildman–Crippen MR) is 60.5 cm³/mol. The molecule has 0 aliphatic heterocycles. The zero-order chi connectivity index (χ0) is 10.2. The van der Waals surface area contributed by atoms with Crippen molar-refractivity contribution in [3.05, 3.63) is 0 Å². The van der Waals surface area contributed by atoms with Gasteiger partial charge in [0.05, 0.1) is 0 Å². The molecule has 82 valence electrons. The highest BCUT2D eigenvalue weighted by Gasteiger charge is 2.49. The van der Waals surface area contributed by atoms with Crippen LogP contribution < -0.4 is 5.32 Å². The van der Waals surface area contributed by atoms with Crippen molar-refractivity contribution in [3.63, 3.8) is 0 Å². The lowest BCUT2D eigenvalue weighted by atomic mass is 9.61. The van der Waals surface area contributed by atoms with Crippen molar-refractivity contribution in [2.75, 3.05) is 20.6 Å². The van der Waals surface area contributed by atoms with E-state index < -0.39 is 0 Å². The average molecular weight is 196 g/mol. The first-order valence-electron chi connectivity index (χ1n) is 6.07. The highest BCUT2D eigenvalue weighted by molar-refractivity contribution is 5.08. The molecular weight excluding hydrogens is 172 g/mol. The Morgan fingerprint density at radius 2 is 1.57 bits per heavy atom. The van der Waals surface area contributed by atoms with Crippen LogP contribution in [0.5, 0.6) is 0 Å². The van der Waals surface area contributed by atoms with E-state index in [-0.39, 0.29) is 0 Å². The van der Waals surface area contributed by atoms with Gasteiger partial charge < -0.3 is 10.2 Å². The van der Waals surface area contributed by atoms with Crippen LogP contribution in [-0.2, 0) is 0 Å². The summed E-state index contributed by atoms with van der Waals surface area (Å²) in [4.78, 5) is 2.59. The van der Waals surface area contributed by atoms with Crippen LogP contribution in [0.25, 0.3) is 0 Å². The van der Waals surface area contributed by atoms with Gasteiger partial charge in [0, 0.05) is 11.1 Å². The summed E-state index contributed by atoms with van der Waals surface area (Å²) in [6.07, 6.45) is 8.35. The van der Waals surface area contributed by atoms with Crippen molar-refractivity contribution in [3.8, 4) is 0 Å². The first kappa shape index (κ1) is 10.4. The topological polar surface area (TPSA) is 15.3 Å². The summed E-state index contributed by atoms with van der Waals surface area (Å²) < 4.78 is 0. The van der Waals surface area contributed by atoms with Gasteiger partial charge in [-0.2, -0.15) is 0 Å². The Morgan fingerprint density at radius 1 is 1.07 bits per heavy atom. The maximum Gasteiger partial charge on any atom is 0.0208 e. The number of nitrogens with one attached hydrogen (secondary N) is 1. The molecule has 2 heteroatoms. The van der Waals surface area contributed by atoms with Crippen LogP contribution in [0.1, 0.15) is 45.4 Å². The van der Waals surface area contributed by atoms with E-state index in [4.69, 9.17) is 0 Å². The summed E-state index contributed by atoms with van der Waals surface area (Å²) in [6.45, 7) is 3.48. The first-order chi connectivity index (χ1) is 6.66. The van der Waals surface area contributed by atoms with Crippen LogP contribution in [-0.4, -0.2) is 36.6 Å². The van der Waals surface area contributed by atoms with Gasteiger partial charge in [0.1, 0.15) is 0 Å². The van der Waals surface area contributed by atoms with Crippen LogP contribution in [0.15, 0.2) is 0 Å². The van der Waals surface area contributed by atoms with E-state index in [1.165, 1.54) is 45.1 Å². The molecule has 2 nitrogen and oxygen atoms in total. The van der Waals surface area contributed by atoms with Crippen LogP contribution in [0.2, 0.25) is 0 Å². The molecule has 3 fully saturated rings. The number of nitrogens with zero attached hydrogens (tertiary/aromatic N) is 1. The van der Waals surface area contributed by atoms with Crippen molar-refractivity contribution >= 4 is 0 Å². The fraction of sp³-hybridized carbons (Fsp3) is 1.00. The lowest BCUT2D eigenvalue weighted by Crippen LogP contribution is -2.61. The van der Waals surface area contributed by atoms with Gasteiger partial charge in [0.2, 0.25) is 0 Å². The lowest BCUT2D eigenvalue weighted by Gasteiger charge is -2.56. The zero-order valence-electron chi connectivity index (χ0n) is 9.90. The predicted octanol–water partition coefficient (Wildman–Crippen LogP) is 2.00. The minimum Gasteiger partial charge on any atom is -0.314 e. The highest BCUT2D eigenvalue weighted by atomic mass is 15.2. The molecule has 0 unspecified atom stereocenters. The van der Waals surface area contributed by atoms with E-state index in [9.17, 15) is 0 Å². The van der Waals surface area contributed by atoms with Crippen molar-refractivity contribution in [2.24, 2.45) is 0 Å². The molecule has 3 aliphatic carbocycles. The first-order valence-corrected chi connectivity index (χ1v) is 6.07. The SMILES string of the molecule is CCN(C)C12CCC(NC)(CC1)CC2. The summed E-state index contributed by atoms with van der Waals surface area (Å²) in [5.41, 5.74) is 1.07. The molecule has 0 radical (unpaired) electrons. The largest absolute Gasteiger partial charge is 0.314 e. The third-order valence-corrected chi connectivity index (χ3v) is 5.02. The van der Waals surface area contributed by atoms with Gasteiger partial charge in [-0.25, -0.2) is 0 Å². The third kappa shape index (κ3) is 1.40. The minimum absolute atomic E-state index is 0.510. The minimum atomic E-state index is 0.510. The molecule has 3 saturated carbocycles. The van der Waals surface area contributed by atoms with Gasteiger partial charge in [0.15, 0.2) is 0 Å². The Hall–Kier alpha value is -0.0800. The maximum absolute atomic E-state index is 3.56. The molecule has 0 aromatic rings. The smallest absolute Gasteiger partial charge is 0.0208 e. The molecule has 0 heterocycles. The molecule has 0 aromatic heterocycles. The summed E-state index contributed by atoms with van der Waals surface area (Å²) >= 11 is 0. The Kier molecular flexibility index (Phi) is 2.61. The second-order valence-corrected chi connectivity index (χ2v) is 5.27. The van der Waals surface area contributed by atoms with E-state index in [1.54, 1.807) is 0 Å². The van der Waals surface area contributed by atoms with Crippen LogP contribution in [0.4, 0.5) is 0 Å². The fourth-order valence-electron chi connectivity index (χ4n) is 3.45. The van der Waals surface area contributed by atoms with Gasteiger partial charge in [-0.3, -0.25) is 0 Å². The quantitative estimate of drug-likeness (QED) is 0.743. The highest BCUT2D eigenvalue weighted by Crippen LogP contribution is 2.49. The fourth-order valence-corrected chi connectivity index (χ4v) is 3.45. The van der Waals surface area contributed by atoms with Gasteiger partial charge in [0.25, 0.3) is 0 Å². The van der Waals surface area contributed by atoms with Gasteiger partial charge >= 0.3 is 0 Å². The van der Waals surface area contributed by atoms with E-state index in [0.29, 0.717) is 11.1 Å². The Morgan fingerprint density at radius 3 is 1.93 bits per heavy atom. The molecule has 0 saturated heterocycles. The van der Waals surface area contributed by atoms with Gasteiger partial charge in [-0.05, 0) is 59.2 Å².